The average molecular weight is 482 g/mol. The van der Waals surface area contributed by atoms with Crippen LogP contribution in [-0.4, -0.2) is 21.5 Å². The molecule has 168 valence electrons. The van der Waals surface area contributed by atoms with Gasteiger partial charge in [-0.3, -0.25) is 9.59 Å². The zero-order valence-corrected chi connectivity index (χ0v) is 18.8. The minimum absolute atomic E-state index is 0.0886. The quantitative estimate of drug-likeness (QED) is 0.410. The Bertz CT molecular complexity index is 1160. The summed E-state index contributed by atoms with van der Waals surface area (Å²) in [5.74, 6) is -0.846. The van der Waals surface area contributed by atoms with E-state index in [9.17, 15) is 18.4 Å². The molecule has 0 saturated heterocycles. The number of nitrogens with zero attached hydrogens (tertiary/aromatic N) is 2. The van der Waals surface area contributed by atoms with Gasteiger partial charge >= 0.3 is 0 Å². The first kappa shape index (κ1) is 23.7. The van der Waals surface area contributed by atoms with Crippen LogP contribution in [-0.2, 0) is 7.05 Å². The molecule has 1 atom stereocenters. The number of hydrogen-bond donors (Lipinski definition) is 1. The standard InChI is InChI=1S/C22H19Cl2F2N3O3/c1-11(13-4-6-14(7-5-13)12(2)30)27-21(31)18-19(20(25)26)28-29(3)22(18)32-15-8-9-16(23)17(24)10-15/h4-11,20H,1-3H3,(H,27,31)/t11-/m0/s1. The molecule has 0 bridgehead atoms. The molecule has 6 nitrogen and oxygen atoms in total. The van der Waals surface area contributed by atoms with E-state index in [-0.39, 0.29) is 28.0 Å². The highest BCUT2D eigenvalue weighted by molar-refractivity contribution is 6.42. The maximum Gasteiger partial charge on any atom is 0.283 e. The Morgan fingerprint density at radius 1 is 1.09 bits per heavy atom. The van der Waals surface area contributed by atoms with Crippen molar-refractivity contribution in [3.63, 3.8) is 0 Å². The minimum Gasteiger partial charge on any atom is -0.438 e. The van der Waals surface area contributed by atoms with Crippen LogP contribution >= 0.6 is 23.2 Å². The molecule has 1 aromatic heterocycles. The molecule has 0 aliphatic carbocycles. The van der Waals surface area contributed by atoms with E-state index >= 15 is 0 Å². The number of hydrogen-bond acceptors (Lipinski definition) is 4. The third-order valence-electron chi connectivity index (χ3n) is 4.73. The van der Waals surface area contributed by atoms with Gasteiger partial charge in [0, 0.05) is 18.7 Å². The summed E-state index contributed by atoms with van der Waals surface area (Å²) in [6.45, 7) is 3.14. The molecule has 3 rings (SSSR count). The average Bonchev–Trinajstić information content (AvgIpc) is 3.07. The molecule has 0 unspecified atom stereocenters. The Hall–Kier alpha value is -2.97. The van der Waals surface area contributed by atoms with Gasteiger partial charge in [0.15, 0.2) is 5.78 Å². The number of ether oxygens (including phenoxy) is 1. The predicted molar refractivity (Wildman–Crippen MR) is 117 cm³/mol. The third kappa shape index (κ3) is 5.08. The summed E-state index contributed by atoms with van der Waals surface area (Å²) in [5.41, 5.74) is 0.120. The number of benzene rings is 2. The fourth-order valence-corrected chi connectivity index (χ4v) is 3.31. The zero-order valence-electron chi connectivity index (χ0n) is 17.3. The van der Waals surface area contributed by atoms with E-state index in [0.29, 0.717) is 16.1 Å². The maximum atomic E-state index is 13.6. The van der Waals surface area contributed by atoms with Crippen LogP contribution in [0.4, 0.5) is 8.78 Å². The van der Waals surface area contributed by atoms with Crippen LogP contribution in [0.5, 0.6) is 11.6 Å². The first-order valence-electron chi connectivity index (χ1n) is 9.48. The van der Waals surface area contributed by atoms with Crippen molar-refractivity contribution in [3.8, 4) is 11.6 Å². The number of ketones is 1. The second-order valence-corrected chi connectivity index (χ2v) is 7.86. The van der Waals surface area contributed by atoms with E-state index < -0.39 is 24.1 Å². The Morgan fingerprint density at radius 3 is 2.31 bits per heavy atom. The molecule has 0 saturated carbocycles. The minimum atomic E-state index is -3.00. The highest BCUT2D eigenvalue weighted by atomic mass is 35.5. The molecular weight excluding hydrogens is 463 g/mol. The van der Waals surface area contributed by atoms with Crippen LogP contribution in [0, 0.1) is 0 Å². The fourth-order valence-electron chi connectivity index (χ4n) is 3.02. The van der Waals surface area contributed by atoms with E-state index in [1.54, 1.807) is 31.2 Å². The lowest BCUT2D eigenvalue weighted by atomic mass is 10.0. The number of aromatic nitrogens is 2. The maximum absolute atomic E-state index is 13.6. The number of halogens is 4. The van der Waals surface area contributed by atoms with Crippen molar-refractivity contribution in [2.24, 2.45) is 7.05 Å². The number of aryl methyl sites for hydroxylation is 1. The number of Topliss-reactive ketones (excluding diaryl/α,β-unsaturated/α-hetero) is 1. The highest BCUT2D eigenvalue weighted by Gasteiger charge is 2.30. The van der Waals surface area contributed by atoms with Crippen molar-refractivity contribution < 1.29 is 23.1 Å². The van der Waals surface area contributed by atoms with Crippen molar-refractivity contribution in [1.29, 1.82) is 0 Å². The van der Waals surface area contributed by atoms with Crippen molar-refractivity contribution in [3.05, 3.63) is 74.9 Å². The number of carbonyl (C=O) groups excluding carboxylic acids is 2. The van der Waals surface area contributed by atoms with Gasteiger partial charge in [0.2, 0.25) is 5.88 Å². The molecule has 0 fully saturated rings. The number of alkyl halides is 2. The monoisotopic (exact) mass is 481 g/mol. The summed E-state index contributed by atoms with van der Waals surface area (Å²) >= 11 is 11.9. The molecule has 0 spiro atoms. The zero-order chi connectivity index (χ0) is 23.6. The second kappa shape index (κ2) is 9.67. The van der Waals surface area contributed by atoms with Gasteiger partial charge < -0.3 is 10.1 Å². The Balaban J connectivity index is 1.91. The van der Waals surface area contributed by atoms with Crippen LogP contribution in [0.3, 0.4) is 0 Å². The number of nitrogens with one attached hydrogen (secondary N) is 1. The van der Waals surface area contributed by atoms with Crippen molar-refractivity contribution in [1.82, 2.24) is 15.1 Å². The van der Waals surface area contributed by atoms with Crippen LogP contribution in [0.25, 0.3) is 0 Å². The summed E-state index contributed by atoms with van der Waals surface area (Å²) in [6.07, 6.45) is -3.00. The molecule has 1 heterocycles. The van der Waals surface area contributed by atoms with Crippen LogP contribution in [0.15, 0.2) is 42.5 Å². The first-order chi connectivity index (χ1) is 15.1. The Kier molecular flexibility index (Phi) is 7.16. The van der Waals surface area contributed by atoms with Gasteiger partial charge in [-0.05, 0) is 31.5 Å². The van der Waals surface area contributed by atoms with E-state index in [2.05, 4.69) is 10.4 Å². The van der Waals surface area contributed by atoms with E-state index in [1.807, 2.05) is 0 Å². The fraction of sp³-hybridized carbons (Fsp3) is 0.227. The molecule has 1 N–H and O–H groups in total. The lowest BCUT2D eigenvalue weighted by Crippen LogP contribution is -2.27. The summed E-state index contributed by atoms with van der Waals surface area (Å²) < 4.78 is 34.0. The third-order valence-corrected chi connectivity index (χ3v) is 5.46. The highest BCUT2D eigenvalue weighted by Crippen LogP contribution is 2.35. The van der Waals surface area contributed by atoms with Gasteiger partial charge in [0.05, 0.1) is 16.1 Å². The van der Waals surface area contributed by atoms with E-state index in [4.69, 9.17) is 27.9 Å². The summed E-state index contributed by atoms with van der Waals surface area (Å²) in [5, 5.41) is 6.94. The largest absolute Gasteiger partial charge is 0.438 e. The first-order valence-corrected chi connectivity index (χ1v) is 10.2. The summed E-state index contributed by atoms with van der Waals surface area (Å²) in [7, 11) is 1.39. The molecule has 3 aromatic rings. The molecule has 1 amide bonds. The molecule has 32 heavy (non-hydrogen) atoms. The van der Waals surface area contributed by atoms with Gasteiger partial charge in [0.25, 0.3) is 12.3 Å². The summed E-state index contributed by atoms with van der Waals surface area (Å²) in [6, 6.07) is 10.5. The van der Waals surface area contributed by atoms with E-state index in [0.717, 1.165) is 4.68 Å². The normalized spacial score (nSPS) is 12.0. The Morgan fingerprint density at radius 2 is 1.75 bits per heavy atom. The van der Waals surface area contributed by atoms with Gasteiger partial charge in [-0.15, -0.1) is 0 Å². The SMILES string of the molecule is CC(=O)c1ccc([C@H](C)NC(=O)c2c(C(F)F)nn(C)c2Oc2ccc(Cl)c(Cl)c2)cc1. The molecule has 10 heteroatoms. The Labute approximate surface area is 193 Å². The molecule has 0 aliphatic rings. The van der Waals surface area contributed by atoms with Crippen LogP contribution in [0.2, 0.25) is 10.0 Å². The molecule has 0 aliphatic heterocycles. The van der Waals surface area contributed by atoms with Crippen LogP contribution < -0.4 is 10.1 Å². The molecule has 0 radical (unpaired) electrons. The summed E-state index contributed by atoms with van der Waals surface area (Å²) in [4.78, 5) is 24.4. The van der Waals surface area contributed by atoms with Crippen molar-refractivity contribution in [2.45, 2.75) is 26.3 Å². The van der Waals surface area contributed by atoms with Crippen molar-refractivity contribution in [2.75, 3.05) is 0 Å². The molecular formula is C22H19Cl2F2N3O3. The number of carbonyl (C=O) groups is 2. The van der Waals surface area contributed by atoms with Crippen LogP contribution in [0.1, 0.15) is 58.3 Å². The second-order valence-electron chi connectivity index (χ2n) is 7.04. The topological polar surface area (TPSA) is 73.2 Å². The van der Waals surface area contributed by atoms with Gasteiger partial charge in [-0.2, -0.15) is 5.10 Å². The van der Waals surface area contributed by atoms with Gasteiger partial charge in [-0.25, -0.2) is 13.5 Å². The lowest BCUT2D eigenvalue weighted by molar-refractivity contribution is 0.0922. The smallest absolute Gasteiger partial charge is 0.283 e. The lowest BCUT2D eigenvalue weighted by Gasteiger charge is -2.16. The number of rotatable bonds is 7. The van der Waals surface area contributed by atoms with Crippen molar-refractivity contribution >= 4 is 34.9 Å². The molecule has 2 aromatic carbocycles. The number of amides is 1. The van der Waals surface area contributed by atoms with Gasteiger partial charge in [-0.1, -0.05) is 47.5 Å². The van der Waals surface area contributed by atoms with Gasteiger partial charge in [0.1, 0.15) is 17.0 Å². The predicted octanol–water partition coefficient (Wildman–Crippen LogP) is 6.15. The van der Waals surface area contributed by atoms with E-state index in [1.165, 1.54) is 32.2 Å².